The van der Waals surface area contributed by atoms with Crippen LogP contribution in [0.1, 0.15) is 46.0 Å². The fraction of sp³-hybridized carbons (Fsp3) is 0.733. The van der Waals surface area contributed by atoms with Crippen molar-refractivity contribution in [1.82, 2.24) is 5.32 Å². The van der Waals surface area contributed by atoms with Crippen LogP contribution in [-0.2, 0) is 9.59 Å². The number of aliphatic carboxylic acids is 1. The van der Waals surface area contributed by atoms with E-state index >= 15 is 0 Å². The number of carboxylic acid groups (broad SMARTS) is 1. The number of allylic oxidation sites excluding steroid dienone is 2. The average molecular weight is 319 g/mol. The Morgan fingerprint density at radius 2 is 1.91 bits per heavy atom. The van der Waals surface area contributed by atoms with Crippen LogP contribution in [0.25, 0.3) is 0 Å². The van der Waals surface area contributed by atoms with E-state index in [1.54, 1.807) is 0 Å². The minimum Gasteiger partial charge on any atom is -0.480 e. The molecule has 0 radical (unpaired) electrons. The fourth-order valence-electron chi connectivity index (χ4n) is 3.30. The molecule has 2 rings (SSSR count). The first kappa shape index (κ1) is 16.8. The van der Waals surface area contributed by atoms with Crippen LogP contribution in [0.5, 0.6) is 0 Å². The summed E-state index contributed by atoms with van der Waals surface area (Å²) in [4.78, 5) is 22.9. The number of halogens is 3. The van der Waals surface area contributed by atoms with Crippen LogP contribution < -0.4 is 5.32 Å². The molecule has 0 aromatic carbocycles. The molecule has 2 N–H and O–H groups in total. The molecule has 4 nitrogen and oxygen atoms in total. The Bertz CT molecular complexity index is 519. The summed E-state index contributed by atoms with van der Waals surface area (Å²) in [6.07, 6.45) is -2.35. The maximum absolute atomic E-state index is 12.8. The molecule has 1 atom stereocenters. The molecule has 1 spiro atoms. The van der Waals surface area contributed by atoms with E-state index in [1.807, 2.05) is 13.8 Å². The number of ketones is 1. The van der Waals surface area contributed by atoms with Gasteiger partial charge in [0.25, 0.3) is 5.78 Å². The van der Waals surface area contributed by atoms with E-state index in [0.717, 1.165) is 6.42 Å². The molecule has 1 unspecified atom stereocenters. The van der Waals surface area contributed by atoms with Crippen LogP contribution in [0.15, 0.2) is 11.3 Å². The number of carboxylic acids is 1. The van der Waals surface area contributed by atoms with Crippen molar-refractivity contribution >= 4 is 11.8 Å². The first-order valence-electron chi connectivity index (χ1n) is 7.41. The number of rotatable bonds is 6. The minimum atomic E-state index is -4.91. The molecule has 2 aliphatic rings. The van der Waals surface area contributed by atoms with Crippen molar-refractivity contribution in [2.75, 3.05) is 0 Å². The number of Topliss-reactive ketones (excluding diaryl/α,β-unsaturated/α-hetero) is 1. The molecule has 1 saturated carbocycles. The lowest BCUT2D eigenvalue weighted by atomic mass is 9.53. The van der Waals surface area contributed by atoms with Crippen molar-refractivity contribution in [1.29, 1.82) is 0 Å². The van der Waals surface area contributed by atoms with Gasteiger partial charge in [-0.2, -0.15) is 13.2 Å². The van der Waals surface area contributed by atoms with Crippen LogP contribution in [0.3, 0.4) is 0 Å². The molecule has 0 saturated heterocycles. The van der Waals surface area contributed by atoms with E-state index < -0.39 is 29.4 Å². The van der Waals surface area contributed by atoms with Crippen molar-refractivity contribution in [2.24, 2.45) is 11.3 Å². The molecule has 0 bridgehead atoms. The minimum absolute atomic E-state index is 0.0775. The van der Waals surface area contributed by atoms with Crippen LogP contribution >= 0.6 is 0 Å². The molecule has 1 fully saturated rings. The molecule has 22 heavy (non-hydrogen) atoms. The number of carbonyl (C=O) groups is 2. The van der Waals surface area contributed by atoms with Gasteiger partial charge in [-0.1, -0.05) is 20.3 Å². The Labute approximate surface area is 126 Å². The molecule has 0 aromatic heterocycles. The smallest absolute Gasteiger partial charge is 0.454 e. The van der Waals surface area contributed by atoms with E-state index in [1.165, 1.54) is 0 Å². The van der Waals surface area contributed by atoms with Gasteiger partial charge in [0.05, 0.1) is 0 Å². The van der Waals surface area contributed by atoms with Crippen LogP contribution in [0, 0.1) is 11.3 Å². The molecule has 0 amide bonds. The summed E-state index contributed by atoms with van der Waals surface area (Å²) in [6.45, 7) is 3.67. The maximum atomic E-state index is 12.8. The number of alkyl halides is 3. The quantitative estimate of drug-likeness (QED) is 0.790. The van der Waals surface area contributed by atoms with Gasteiger partial charge in [0.2, 0.25) is 0 Å². The van der Waals surface area contributed by atoms with Gasteiger partial charge in [-0.15, -0.1) is 0 Å². The highest BCUT2D eigenvalue weighted by Gasteiger charge is 2.57. The van der Waals surface area contributed by atoms with Crippen molar-refractivity contribution in [2.45, 2.75) is 58.2 Å². The van der Waals surface area contributed by atoms with Crippen molar-refractivity contribution in [3.63, 3.8) is 0 Å². The summed E-state index contributed by atoms with van der Waals surface area (Å²) < 4.78 is 38.3. The standard InChI is InChI=1S/C15H20F3NO3/c1-8(2)6-9(13(21)22)19-10-7-14(4-3-5-14)11(10)12(20)15(16,17)18/h8-9,19H,3-7H2,1-2H3,(H,21,22). The fourth-order valence-corrected chi connectivity index (χ4v) is 3.30. The second-order valence-electron chi connectivity index (χ2n) is 6.66. The topological polar surface area (TPSA) is 66.4 Å². The third-order valence-corrected chi connectivity index (χ3v) is 4.50. The largest absolute Gasteiger partial charge is 0.480 e. The SMILES string of the molecule is CC(C)CC(NC1=C(C(=O)C(F)(F)F)C2(CCC2)C1)C(=O)O. The second-order valence-corrected chi connectivity index (χ2v) is 6.66. The van der Waals surface area contributed by atoms with Crippen molar-refractivity contribution in [3.05, 3.63) is 11.3 Å². The predicted octanol–water partition coefficient (Wildman–Crippen LogP) is 3.03. The van der Waals surface area contributed by atoms with Gasteiger partial charge < -0.3 is 10.4 Å². The maximum Gasteiger partial charge on any atom is 0.454 e. The Balaban J connectivity index is 2.24. The van der Waals surface area contributed by atoms with Crippen LogP contribution in [0.4, 0.5) is 13.2 Å². The van der Waals surface area contributed by atoms with E-state index in [2.05, 4.69) is 5.32 Å². The highest BCUT2D eigenvalue weighted by Crippen LogP contribution is 2.60. The molecular formula is C15H20F3NO3. The number of hydrogen-bond donors (Lipinski definition) is 2. The first-order chi connectivity index (χ1) is 10.1. The zero-order chi connectivity index (χ0) is 16.7. The number of carbonyl (C=O) groups excluding carboxylic acids is 1. The lowest BCUT2D eigenvalue weighted by Crippen LogP contribution is -2.52. The van der Waals surface area contributed by atoms with E-state index in [9.17, 15) is 27.9 Å². The Morgan fingerprint density at radius 1 is 1.32 bits per heavy atom. The first-order valence-corrected chi connectivity index (χ1v) is 7.41. The van der Waals surface area contributed by atoms with Crippen molar-refractivity contribution < 1.29 is 27.9 Å². The molecule has 0 aromatic rings. The summed E-state index contributed by atoms with van der Waals surface area (Å²) in [5, 5.41) is 11.9. The highest BCUT2D eigenvalue weighted by atomic mass is 19.4. The van der Waals surface area contributed by atoms with Gasteiger partial charge in [-0.25, -0.2) is 4.79 Å². The predicted molar refractivity (Wildman–Crippen MR) is 73.0 cm³/mol. The van der Waals surface area contributed by atoms with E-state index in [0.29, 0.717) is 25.7 Å². The second kappa shape index (κ2) is 5.59. The Kier molecular flexibility index (Phi) is 4.28. The van der Waals surface area contributed by atoms with Gasteiger partial charge in [0, 0.05) is 16.7 Å². The normalized spacial score (nSPS) is 21.4. The van der Waals surface area contributed by atoms with Crippen molar-refractivity contribution in [3.8, 4) is 0 Å². The van der Waals surface area contributed by atoms with Gasteiger partial charge in [-0.05, 0) is 31.6 Å². The third-order valence-electron chi connectivity index (χ3n) is 4.50. The summed E-state index contributed by atoms with van der Waals surface area (Å²) in [6, 6.07) is -0.969. The molecular weight excluding hydrogens is 299 g/mol. The van der Waals surface area contributed by atoms with Gasteiger partial charge in [0.15, 0.2) is 0 Å². The summed E-state index contributed by atoms with van der Waals surface area (Å²) in [5.74, 6) is -2.86. The number of nitrogens with one attached hydrogen (secondary N) is 1. The average Bonchev–Trinajstić information content (AvgIpc) is 2.27. The summed E-state index contributed by atoms with van der Waals surface area (Å²) in [5.41, 5.74) is -0.744. The van der Waals surface area contributed by atoms with Gasteiger partial charge >= 0.3 is 12.1 Å². The third kappa shape index (κ3) is 2.98. The van der Waals surface area contributed by atoms with Crippen LogP contribution in [-0.4, -0.2) is 29.1 Å². The van der Waals surface area contributed by atoms with E-state index in [4.69, 9.17) is 0 Å². The Morgan fingerprint density at radius 3 is 2.27 bits per heavy atom. The lowest BCUT2D eigenvalue weighted by molar-refractivity contribution is -0.169. The summed E-state index contributed by atoms with van der Waals surface area (Å²) in [7, 11) is 0. The molecule has 2 aliphatic carbocycles. The lowest BCUT2D eigenvalue weighted by Gasteiger charge is -2.52. The molecule has 7 heteroatoms. The number of hydrogen-bond acceptors (Lipinski definition) is 3. The van der Waals surface area contributed by atoms with Gasteiger partial charge in [0.1, 0.15) is 6.04 Å². The Hall–Kier alpha value is -1.53. The van der Waals surface area contributed by atoms with Crippen LogP contribution in [0.2, 0.25) is 0 Å². The van der Waals surface area contributed by atoms with E-state index in [-0.39, 0.29) is 17.2 Å². The van der Waals surface area contributed by atoms with Gasteiger partial charge in [-0.3, -0.25) is 4.79 Å². The monoisotopic (exact) mass is 319 g/mol. The zero-order valence-electron chi connectivity index (χ0n) is 12.6. The molecule has 0 heterocycles. The molecule has 124 valence electrons. The highest BCUT2D eigenvalue weighted by molar-refractivity contribution is 6.03. The molecule has 0 aliphatic heterocycles. The summed E-state index contributed by atoms with van der Waals surface area (Å²) >= 11 is 0. The zero-order valence-corrected chi connectivity index (χ0v) is 12.6.